The lowest BCUT2D eigenvalue weighted by Crippen LogP contribution is -2.22. The number of amides is 1. The zero-order valence-electron chi connectivity index (χ0n) is 7.27. The van der Waals surface area contributed by atoms with Gasteiger partial charge in [0.25, 0.3) is 5.91 Å². The first-order chi connectivity index (χ1) is 6.02. The number of halogens is 2. The number of benzene rings is 1. The Morgan fingerprint density at radius 3 is 2.54 bits per heavy atom. The summed E-state index contributed by atoms with van der Waals surface area (Å²) in [6.07, 6.45) is 0. The Hall–Kier alpha value is -0.350. The van der Waals surface area contributed by atoms with Crippen LogP contribution in [0.3, 0.4) is 0 Å². The number of hydrogen-bond donors (Lipinski definition) is 0. The van der Waals surface area contributed by atoms with Gasteiger partial charge in [-0.3, -0.25) is 4.79 Å². The van der Waals surface area contributed by atoms with E-state index in [-0.39, 0.29) is 5.91 Å². The Kier molecular flexibility index (Phi) is 3.50. The number of carbonyl (C=O) groups is 1. The van der Waals surface area contributed by atoms with Crippen molar-refractivity contribution < 1.29 is 4.79 Å². The van der Waals surface area contributed by atoms with Crippen LogP contribution in [-0.4, -0.2) is 24.9 Å². The van der Waals surface area contributed by atoms with Crippen LogP contribution in [0, 0.1) is 6.07 Å². The molecule has 1 radical (unpaired) electrons. The Morgan fingerprint density at radius 1 is 1.46 bits per heavy atom. The van der Waals surface area contributed by atoms with Crippen molar-refractivity contribution >= 4 is 37.8 Å². The molecule has 0 heterocycles. The van der Waals surface area contributed by atoms with E-state index in [0.717, 1.165) is 8.95 Å². The molecule has 0 N–H and O–H groups in total. The molecule has 69 valence electrons. The summed E-state index contributed by atoms with van der Waals surface area (Å²) in [6.45, 7) is 0. The Morgan fingerprint density at radius 2 is 2.08 bits per heavy atom. The quantitative estimate of drug-likeness (QED) is 0.781. The van der Waals surface area contributed by atoms with Crippen LogP contribution in [0.1, 0.15) is 10.4 Å². The minimum absolute atomic E-state index is 0.0561. The summed E-state index contributed by atoms with van der Waals surface area (Å²) < 4.78 is 1.65. The van der Waals surface area contributed by atoms with Crippen LogP contribution >= 0.6 is 31.9 Å². The van der Waals surface area contributed by atoms with E-state index in [0.29, 0.717) is 5.56 Å². The van der Waals surface area contributed by atoms with Gasteiger partial charge in [0.15, 0.2) is 0 Å². The maximum absolute atomic E-state index is 11.5. The van der Waals surface area contributed by atoms with Crippen molar-refractivity contribution in [3.05, 3.63) is 32.7 Å². The van der Waals surface area contributed by atoms with Gasteiger partial charge in [0.1, 0.15) is 0 Å². The lowest BCUT2D eigenvalue weighted by atomic mass is 10.2. The summed E-state index contributed by atoms with van der Waals surface area (Å²) in [4.78, 5) is 13.0. The van der Waals surface area contributed by atoms with Crippen LogP contribution in [-0.2, 0) is 0 Å². The van der Waals surface area contributed by atoms with Crippen LogP contribution in [0.4, 0.5) is 0 Å². The van der Waals surface area contributed by atoms with Crippen molar-refractivity contribution in [1.29, 1.82) is 0 Å². The highest BCUT2D eigenvalue weighted by Crippen LogP contribution is 2.22. The summed E-state index contributed by atoms with van der Waals surface area (Å²) in [5, 5.41) is 0. The SMILES string of the molecule is CN(C)C(=O)c1[c]cc(Br)cc1Br. The third-order valence-electron chi connectivity index (χ3n) is 1.48. The molecular formula is C9H8Br2NO. The minimum Gasteiger partial charge on any atom is -0.345 e. The molecule has 0 aliphatic heterocycles. The summed E-state index contributed by atoms with van der Waals surface area (Å²) in [5.74, 6) is -0.0561. The highest BCUT2D eigenvalue weighted by Gasteiger charge is 2.11. The van der Waals surface area contributed by atoms with Gasteiger partial charge in [-0.15, -0.1) is 0 Å². The molecule has 0 aromatic heterocycles. The van der Waals surface area contributed by atoms with E-state index in [2.05, 4.69) is 37.9 Å². The standard InChI is InChI=1S/C9H8Br2NO/c1-12(2)9(13)7-4-3-6(10)5-8(7)11/h3,5H,1-2H3. The topological polar surface area (TPSA) is 20.3 Å². The van der Waals surface area contributed by atoms with E-state index < -0.39 is 0 Å². The predicted molar refractivity (Wildman–Crippen MR) is 58.7 cm³/mol. The molecule has 0 saturated heterocycles. The summed E-state index contributed by atoms with van der Waals surface area (Å²) in [5.41, 5.74) is 0.549. The van der Waals surface area contributed by atoms with E-state index in [1.165, 1.54) is 4.90 Å². The maximum atomic E-state index is 11.5. The molecular weight excluding hydrogens is 298 g/mol. The van der Waals surface area contributed by atoms with Gasteiger partial charge >= 0.3 is 0 Å². The molecule has 0 fully saturated rings. The molecule has 1 aromatic carbocycles. The number of hydrogen-bond acceptors (Lipinski definition) is 1. The molecule has 0 aliphatic rings. The van der Waals surface area contributed by atoms with Gasteiger partial charge < -0.3 is 4.90 Å². The molecule has 13 heavy (non-hydrogen) atoms. The monoisotopic (exact) mass is 304 g/mol. The van der Waals surface area contributed by atoms with Gasteiger partial charge in [0, 0.05) is 23.0 Å². The van der Waals surface area contributed by atoms with Gasteiger partial charge in [-0.2, -0.15) is 0 Å². The summed E-state index contributed by atoms with van der Waals surface area (Å²) in [6, 6.07) is 6.45. The number of carbonyl (C=O) groups excluding carboxylic acids is 1. The van der Waals surface area contributed by atoms with Crippen molar-refractivity contribution in [1.82, 2.24) is 4.90 Å². The first-order valence-corrected chi connectivity index (χ1v) is 5.19. The van der Waals surface area contributed by atoms with E-state index in [4.69, 9.17) is 0 Å². The molecule has 4 heteroatoms. The molecule has 1 rings (SSSR count). The second-order valence-electron chi connectivity index (χ2n) is 2.74. The molecule has 0 atom stereocenters. The third kappa shape index (κ3) is 2.54. The average molecular weight is 306 g/mol. The Labute approximate surface area is 94.2 Å². The molecule has 0 saturated carbocycles. The molecule has 0 spiro atoms. The lowest BCUT2D eigenvalue weighted by Gasteiger charge is -2.11. The van der Waals surface area contributed by atoms with Gasteiger partial charge in [-0.1, -0.05) is 15.9 Å². The zero-order chi connectivity index (χ0) is 10.0. The molecule has 1 amide bonds. The van der Waals surface area contributed by atoms with E-state index in [9.17, 15) is 4.79 Å². The highest BCUT2D eigenvalue weighted by molar-refractivity contribution is 9.11. The fraction of sp³-hybridized carbons (Fsp3) is 0.222. The van der Waals surface area contributed by atoms with Crippen molar-refractivity contribution in [2.75, 3.05) is 14.1 Å². The van der Waals surface area contributed by atoms with Gasteiger partial charge in [-0.05, 0) is 34.1 Å². The Bertz CT molecular complexity index is 336. The van der Waals surface area contributed by atoms with Crippen molar-refractivity contribution in [2.24, 2.45) is 0 Å². The molecule has 0 aliphatic carbocycles. The summed E-state index contributed by atoms with van der Waals surface area (Å²) in [7, 11) is 3.43. The van der Waals surface area contributed by atoms with Crippen LogP contribution in [0.5, 0.6) is 0 Å². The fourth-order valence-electron chi connectivity index (χ4n) is 0.832. The van der Waals surface area contributed by atoms with Gasteiger partial charge in [0.05, 0.1) is 5.56 Å². The van der Waals surface area contributed by atoms with E-state index in [1.54, 1.807) is 20.2 Å². The average Bonchev–Trinajstić information content (AvgIpc) is 2.03. The van der Waals surface area contributed by atoms with E-state index >= 15 is 0 Å². The third-order valence-corrected chi connectivity index (χ3v) is 2.56. The molecule has 0 unspecified atom stereocenters. The first kappa shape index (κ1) is 10.7. The lowest BCUT2D eigenvalue weighted by molar-refractivity contribution is 0.0826. The first-order valence-electron chi connectivity index (χ1n) is 3.60. The van der Waals surface area contributed by atoms with Crippen LogP contribution in [0.25, 0.3) is 0 Å². The van der Waals surface area contributed by atoms with Gasteiger partial charge in [-0.25, -0.2) is 0 Å². The van der Waals surface area contributed by atoms with Gasteiger partial charge in [0.2, 0.25) is 0 Å². The second-order valence-corrected chi connectivity index (χ2v) is 4.51. The normalized spacial score (nSPS) is 9.85. The largest absolute Gasteiger partial charge is 0.345 e. The van der Waals surface area contributed by atoms with Crippen LogP contribution in [0.15, 0.2) is 21.1 Å². The molecule has 2 nitrogen and oxygen atoms in total. The van der Waals surface area contributed by atoms with Crippen molar-refractivity contribution in [3.63, 3.8) is 0 Å². The van der Waals surface area contributed by atoms with Crippen molar-refractivity contribution in [2.45, 2.75) is 0 Å². The predicted octanol–water partition coefficient (Wildman–Crippen LogP) is 2.71. The smallest absolute Gasteiger partial charge is 0.255 e. The van der Waals surface area contributed by atoms with Crippen LogP contribution < -0.4 is 0 Å². The number of nitrogens with zero attached hydrogens (tertiary/aromatic N) is 1. The molecule has 0 bridgehead atoms. The minimum atomic E-state index is -0.0561. The zero-order valence-corrected chi connectivity index (χ0v) is 10.4. The van der Waals surface area contributed by atoms with Crippen LogP contribution in [0.2, 0.25) is 0 Å². The van der Waals surface area contributed by atoms with Crippen molar-refractivity contribution in [3.8, 4) is 0 Å². The maximum Gasteiger partial charge on any atom is 0.255 e. The highest BCUT2D eigenvalue weighted by atomic mass is 79.9. The fourth-order valence-corrected chi connectivity index (χ4v) is 2.01. The summed E-state index contributed by atoms with van der Waals surface area (Å²) >= 11 is 6.60. The number of rotatable bonds is 1. The Balaban J connectivity index is 3.09. The second kappa shape index (κ2) is 4.24. The molecule has 1 aromatic rings. The van der Waals surface area contributed by atoms with E-state index in [1.807, 2.05) is 6.07 Å².